The van der Waals surface area contributed by atoms with Gasteiger partial charge in [-0.3, -0.25) is 14.7 Å². The van der Waals surface area contributed by atoms with Crippen molar-refractivity contribution in [3.63, 3.8) is 0 Å². The Morgan fingerprint density at radius 1 is 0.414 bits per heavy atom. The highest BCUT2D eigenvalue weighted by Gasteiger charge is 2.27. The van der Waals surface area contributed by atoms with E-state index in [2.05, 4.69) is 237 Å². The summed E-state index contributed by atoms with van der Waals surface area (Å²) in [4.78, 5) is 67.7. The van der Waals surface area contributed by atoms with Crippen molar-refractivity contribution in [2.75, 3.05) is 74.7 Å². The van der Waals surface area contributed by atoms with E-state index in [-0.39, 0.29) is 12.6 Å². The van der Waals surface area contributed by atoms with Crippen LogP contribution in [0.5, 0.6) is 0 Å². The number of piperazine rings is 1. The molecule has 0 amide bonds. The molecule has 8 aromatic heterocycles. The van der Waals surface area contributed by atoms with Crippen molar-refractivity contribution in [3.05, 3.63) is 209 Å². The highest BCUT2D eigenvalue weighted by molar-refractivity contribution is 7.16. The monoisotopic (exact) mass is 1560 g/mol. The zero-order valence-electron chi connectivity index (χ0n) is 66.5. The molecular weight excluding hydrogens is 1460 g/mol. The Morgan fingerprint density at radius 3 is 1.13 bits per heavy atom. The van der Waals surface area contributed by atoms with Gasteiger partial charge < -0.3 is 37.0 Å². The second kappa shape index (κ2) is 38.7. The molecule has 2 saturated heterocycles. The molecule has 0 bridgehead atoms. The number of thiazole rings is 4. The van der Waals surface area contributed by atoms with Gasteiger partial charge in [-0.1, -0.05) is 43.5 Å². The van der Waals surface area contributed by atoms with Crippen LogP contribution in [0.3, 0.4) is 0 Å². The number of hydrogen-bond acceptors (Lipinski definition) is 26. The van der Waals surface area contributed by atoms with Crippen molar-refractivity contribution < 1.29 is 5.11 Å². The average molecular weight is 1570 g/mol. The van der Waals surface area contributed by atoms with Gasteiger partial charge in [-0.05, 0) is 247 Å². The zero-order chi connectivity index (χ0) is 78.1. The van der Waals surface area contributed by atoms with Crippen molar-refractivity contribution in [2.45, 2.75) is 166 Å². The SMILES string of the molecule is CNCc1sc(-c2ccnc(Nc3cc(C)cc(C)c3)n2)nc1C.Cc1cc(C)cc(Nc2nccc(-c3nc(C)c(CN(C)C4CCCCC4)s3)n2)c1.Cc1cc(C)cc(Nc2nccc(-c3nc(C)c(CN4CCC[C@H]4CO)s3)n2)c1.Cc1cc(C)cc(Nc2nccc(-c3nc(C)c(CN4CCNCC4)s3)n2)c1. The van der Waals surface area contributed by atoms with Crippen molar-refractivity contribution in [3.8, 4) is 42.8 Å². The molecular formula is C85H105N21OS4. The first-order valence-electron chi connectivity index (χ1n) is 38.3. The largest absolute Gasteiger partial charge is 0.395 e. The van der Waals surface area contributed by atoms with Crippen LogP contribution in [0.15, 0.2) is 122 Å². The minimum absolute atomic E-state index is 0.226. The Balaban J connectivity index is 0.000000138. The number of aliphatic hydroxyl groups excluding tert-OH is 1. The Bertz CT molecular complexity index is 5000. The van der Waals surface area contributed by atoms with Gasteiger partial charge in [0.25, 0.3) is 0 Å². The van der Waals surface area contributed by atoms with Gasteiger partial charge in [0.15, 0.2) is 0 Å². The summed E-state index contributed by atoms with van der Waals surface area (Å²) in [6, 6.07) is 34.0. The molecule has 580 valence electrons. The first-order valence-corrected chi connectivity index (χ1v) is 41.6. The predicted molar refractivity (Wildman–Crippen MR) is 458 cm³/mol. The van der Waals surface area contributed by atoms with Gasteiger partial charge in [-0.15, -0.1) is 45.3 Å². The van der Waals surface area contributed by atoms with Crippen molar-refractivity contribution in [1.82, 2.24) is 85.1 Å². The van der Waals surface area contributed by atoms with Crippen LogP contribution in [0.1, 0.15) is 132 Å². The van der Waals surface area contributed by atoms with E-state index >= 15 is 0 Å². The molecule has 15 rings (SSSR count). The van der Waals surface area contributed by atoms with Crippen LogP contribution < -0.4 is 31.9 Å². The number of aryl methyl sites for hydroxylation is 12. The van der Waals surface area contributed by atoms with E-state index < -0.39 is 0 Å². The molecule has 1 saturated carbocycles. The van der Waals surface area contributed by atoms with E-state index in [4.69, 9.17) is 24.9 Å². The summed E-state index contributed by atoms with van der Waals surface area (Å²) in [5.41, 5.74) is 21.4. The molecule has 0 unspecified atom stereocenters. The van der Waals surface area contributed by atoms with Gasteiger partial charge in [0.1, 0.15) is 42.8 Å². The number of anilines is 8. The molecule has 0 spiro atoms. The molecule has 22 nitrogen and oxygen atoms in total. The maximum atomic E-state index is 9.58. The third-order valence-corrected chi connectivity index (χ3v) is 24.2. The van der Waals surface area contributed by atoms with E-state index in [1.165, 1.54) is 96.1 Å². The van der Waals surface area contributed by atoms with Crippen LogP contribution in [0, 0.1) is 83.1 Å². The lowest BCUT2D eigenvalue weighted by Gasteiger charge is -2.30. The minimum atomic E-state index is 0.226. The van der Waals surface area contributed by atoms with E-state index in [1.807, 2.05) is 38.2 Å². The molecule has 12 aromatic rings. The maximum absolute atomic E-state index is 9.58. The summed E-state index contributed by atoms with van der Waals surface area (Å²) < 4.78 is 0. The van der Waals surface area contributed by atoms with Gasteiger partial charge in [0, 0.05) is 131 Å². The highest BCUT2D eigenvalue weighted by Crippen LogP contribution is 2.35. The number of nitrogens with one attached hydrogen (secondary N) is 6. The lowest BCUT2D eigenvalue weighted by atomic mass is 9.94. The molecule has 3 aliphatic rings. The predicted octanol–water partition coefficient (Wildman–Crippen LogP) is 17.9. The summed E-state index contributed by atoms with van der Waals surface area (Å²) in [5, 5.41) is 33.1. The average Bonchev–Trinajstić information content (AvgIpc) is 1.71. The van der Waals surface area contributed by atoms with E-state index in [0.29, 0.717) is 29.8 Å². The van der Waals surface area contributed by atoms with E-state index in [9.17, 15) is 5.11 Å². The van der Waals surface area contributed by atoms with E-state index in [1.54, 1.807) is 70.1 Å². The van der Waals surface area contributed by atoms with Crippen LogP contribution in [-0.2, 0) is 26.2 Å². The summed E-state index contributed by atoms with van der Waals surface area (Å²) in [6.07, 6.45) is 16.1. The summed E-state index contributed by atoms with van der Waals surface area (Å²) in [6.45, 7) is 34.1. The smallest absolute Gasteiger partial charge is 0.227 e. The molecule has 111 heavy (non-hydrogen) atoms. The van der Waals surface area contributed by atoms with Gasteiger partial charge in [-0.2, -0.15) is 0 Å². The standard InChI is InChI=1S/C24H31N5S.C22H27N5OS.C21H26N6S.C18H21N5S/c1-16-12-17(2)14-19(13-16)27-24-25-11-10-21(28-24)23-26-18(3)22(30-23)15-29(4)20-8-6-5-7-9-20;1-14-9-15(2)11-17(10-14)25-22-23-7-6-19(26-22)21-24-16(3)20(29-21)12-27-8-4-5-18(27)13-28;1-14-10-15(2)12-17(11-14)25-21-23-5-4-18(26-21)20-24-16(3)19(28-20)13-27-8-6-22-7-9-27;1-11-7-12(2)9-14(8-11)22-18-20-6-5-15(23-18)17-21-13(3)16(24-17)10-19-4/h10-14,20H,5-9,15H2,1-4H3,(H,25,27,28);6-7,9-11,18,28H,4-5,8,12-13H2,1-3H3,(H,23,25,26);4-5,10-12,22H,6-9,13H2,1-3H3,(H,23,25,26);5-9,19H,10H2,1-4H3,(H,20,22,23)/t;18-;;/m.0../s1. The van der Waals surface area contributed by atoms with Crippen molar-refractivity contribution in [2.24, 2.45) is 0 Å². The van der Waals surface area contributed by atoms with Crippen LogP contribution >= 0.6 is 45.3 Å². The Labute approximate surface area is 670 Å². The fraction of sp³-hybridized carbons (Fsp3) is 0.388. The van der Waals surface area contributed by atoms with Gasteiger partial charge in [0.2, 0.25) is 23.8 Å². The lowest BCUT2D eigenvalue weighted by molar-refractivity contribution is 0.154. The number of rotatable bonds is 22. The molecule has 1 aliphatic carbocycles. The van der Waals surface area contributed by atoms with Gasteiger partial charge in [-0.25, -0.2) is 59.8 Å². The summed E-state index contributed by atoms with van der Waals surface area (Å²) in [5.74, 6) is 2.35. The number of hydrogen-bond donors (Lipinski definition) is 7. The van der Waals surface area contributed by atoms with Crippen molar-refractivity contribution in [1.29, 1.82) is 0 Å². The topological polar surface area (TPSA) is 257 Å². The number of nitrogens with zero attached hydrogens (tertiary/aromatic N) is 15. The molecule has 1 atom stereocenters. The number of benzene rings is 4. The minimum Gasteiger partial charge on any atom is -0.395 e. The van der Waals surface area contributed by atoms with Crippen LogP contribution in [0.25, 0.3) is 42.8 Å². The Morgan fingerprint density at radius 2 is 0.757 bits per heavy atom. The lowest BCUT2D eigenvalue weighted by Crippen LogP contribution is -2.42. The van der Waals surface area contributed by atoms with Crippen molar-refractivity contribution >= 4 is 91.9 Å². The first-order chi connectivity index (χ1) is 53.6. The summed E-state index contributed by atoms with van der Waals surface area (Å²) in [7, 11) is 4.20. The molecule has 7 N–H and O–H groups in total. The third-order valence-electron chi connectivity index (χ3n) is 19.5. The fourth-order valence-corrected chi connectivity index (χ4v) is 18.5. The second-order valence-corrected chi connectivity index (χ2v) is 33.7. The van der Waals surface area contributed by atoms with Gasteiger partial charge >= 0.3 is 0 Å². The van der Waals surface area contributed by atoms with Crippen LogP contribution in [0.2, 0.25) is 0 Å². The fourth-order valence-electron chi connectivity index (χ4n) is 14.2. The second-order valence-electron chi connectivity index (χ2n) is 29.4. The Hall–Kier alpha value is -9.32. The molecule has 3 fully saturated rings. The molecule has 10 heterocycles. The number of aromatic nitrogens is 12. The number of aliphatic hydroxyl groups is 1. The maximum Gasteiger partial charge on any atom is 0.227 e. The molecule has 26 heteroatoms. The molecule has 0 radical (unpaired) electrons. The molecule has 4 aromatic carbocycles. The highest BCUT2D eigenvalue weighted by atomic mass is 32.1. The van der Waals surface area contributed by atoms with Gasteiger partial charge in [0.05, 0.1) is 29.4 Å². The molecule has 2 aliphatic heterocycles. The first kappa shape index (κ1) is 81.2. The normalized spacial score (nSPS) is 14.6. The Kier molecular flexibility index (Phi) is 28.3. The van der Waals surface area contributed by atoms with Crippen LogP contribution in [-0.4, -0.2) is 145 Å². The third kappa shape index (κ3) is 23.2. The summed E-state index contributed by atoms with van der Waals surface area (Å²) >= 11 is 6.83. The quantitative estimate of drug-likeness (QED) is 0.0333. The van der Waals surface area contributed by atoms with E-state index in [0.717, 1.165) is 160 Å². The zero-order valence-corrected chi connectivity index (χ0v) is 69.8. The number of likely N-dealkylation sites (tertiary alicyclic amines) is 1. The van der Waals surface area contributed by atoms with Crippen LogP contribution in [0.4, 0.5) is 46.5 Å².